The van der Waals surface area contributed by atoms with Crippen LogP contribution in [0.5, 0.6) is 0 Å². The Morgan fingerprint density at radius 1 is 1.53 bits per heavy atom. The molecule has 0 amide bonds. The highest BCUT2D eigenvalue weighted by Crippen LogP contribution is 2.24. The molecule has 4 nitrogen and oxygen atoms in total. The number of carboxylic acid groups (broad SMARTS) is 1. The lowest BCUT2D eigenvalue weighted by atomic mass is 10.0. The van der Waals surface area contributed by atoms with Gasteiger partial charge in [0, 0.05) is 23.5 Å². The second-order valence-corrected chi connectivity index (χ2v) is 5.77. The molecule has 2 heterocycles. The highest BCUT2D eigenvalue weighted by molar-refractivity contribution is 7.10. The summed E-state index contributed by atoms with van der Waals surface area (Å²) in [6.07, 6.45) is 6.21. The molecule has 0 saturated carbocycles. The fourth-order valence-electron chi connectivity index (χ4n) is 2.45. The van der Waals surface area contributed by atoms with Crippen LogP contribution < -0.4 is 0 Å². The minimum Gasteiger partial charge on any atom is -0.478 e. The number of carbonyl (C=O) groups is 1. The van der Waals surface area contributed by atoms with Crippen LogP contribution in [-0.4, -0.2) is 40.3 Å². The van der Waals surface area contributed by atoms with Crippen molar-refractivity contribution in [2.24, 2.45) is 0 Å². The number of rotatable bonds is 5. The fraction of sp³-hybridized carbons (Fsp3) is 0.500. The highest BCUT2D eigenvalue weighted by atomic mass is 32.1. The van der Waals surface area contributed by atoms with Crippen LogP contribution in [-0.2, 0) is 11.3 Å². The molecule has 5 heteroatoms. The average Bonchev–Trinajstić information content (AvgIpc) is 2.84. The van der Waals surface area contributed by atoms with Gasteiger partial charge >= 0.3 is 5.97 Å². The zero-order valence-corrected chi connectivity index (χ0v) is 11.6. The van der Waals surface area contributed by atoms with Crippen LogP contribution in [0, 0.1) is 0 Å². The van der Waals surface area contributed by atoms with Crippen molar-refractivity contribution in [1.82, 2.24) is 4.90 Å². The van der Waals surface area contributed by atoms with Crippen LogP contribution in [0.15, 0.2) is 17.5 Å². The van der Waals surface area contributed by atoms with Gasteiger partial charge in [-0.05, 0) is 42.5 Å². The molecule has 1 aliphatic rings. The van der Waals surface area contributed by atoms with Gasteiger partial charge in [-0.2, -0.15) is 0 Å². The minimum atomic E-state index is -0.927. The number of aliphatic hydroxyl groups excluding tert-OH is 1. The summed E-state index contributed by atoms with van der Waals surface area (Å²) in [7, 11) is 0. The lowest BCUT2D eigenvalue weighted by molar-refractivity contribution is -0.131. The highest BCUT2D eigenvalue weighted by Gasteiger charge is 2.22. The van der Waals surface area contributed by atoms with Gasteiger partial charge in [-0.25, -0.2) is 4.79 Å². The zero-order chi connectivity index (χ0) is 13.7. The number of likely N-dealkylation sites (tertiary alicyclic amines) is 1. The standard InChI is InChI=1S/C14H19NO3S/c16-10-12-3-1-2-7-15(12)9-13-11(6-8-19-13)4-5-14(17)18/h4-6,8,12,16H,1-3,7,9-10H2,(H,17,18)/b5-4-. The van der Waals surface area contributed by atoms with E-state index >= 15 is 0 Å². The van der Waals surface area contributed by atoms with E-state index in [1.807, 2.05) is 11.4 Å². The van der Waals surface area contributed by atoms with Crippen LogP contribution in [0.1, 0.15) is 29.7 Å². The summed E-state index contributed by atoms with van der Waals surface area (Å²) < 4.78 is 0. The first-order chi connectivity index (χ1) is 9.20. The SMILES string of the molecule is O=C(O)/C=C\c1ccsc1CN1CCCCC1CO. The van der Waals surface area contributed by atoms with Crippen molar-refractivity contribution in [3.8, 4) is 0 Å². The third-order valence-corrected chi connectivity index (χ3v) is 4.41. The van der Waals surface area contributed by atoms with Crippen molar-refractivity contribution in [2.45, 2.75) is 31.8 Å². The molecule has 1 unspecified atom stereocenters. The first-order valence-electron chi connectivity index (χ1n) is 6.53. The Hall–Kier alpha value is -1.17. The Kier molecular flexibility index (Phi) is 5.13. The minimum absolute atomic E-state index is 0.200. The van der Waals surface area contributed by atoms with Gasteiger partial charge in [0.2, 0.25) is 0 Å². The Balaban J connectivity index is 2.06. The number of thiophene rings is 1. The number of nitrogens with zero attached hydrogens (tertiary/aromatic N) is 1. The van der Waals surface area contributed by atoms with Gasteiger partial charge in [-0.1, -0.05) is 6.42 Å². The summed E-state index contributed by atoms with van der Waals surface area (Å²) in [6, 6.07) is 2.18. The molecule has 1 atom stereocenters. The van der Waals surface area contributed by atoms with E-state index in [4.69, 9.17) is 5.11 Å². The Labute approximate surface area is 117 Å². The largest absolute Gasteiger partial charge is 0.478 e. The van der Waals surface area contributed by atoms with Crippen LogP contribution in [0.4, 0.5) is 0 Å². The second kappa shape index (κ2) is 6.84. The number of aliphatic hydroxyl groups is 1. The van der Waals surface area contributed by atoms with E-state index < -0.39 is 5.97 Å². The average molecular weight is 281 g/mol. The van der Waals surface area contributed by atoms with Crippen molar-refractivity contribution in [3.05, 3.63) is 28.0 Å². The van der Waals surface area contributed by atoms with Crippen molar-refractivity contribution < 1.29 is 15.0 Å². The van der Waals surface area contributed by atoms with Gasteiger partial charge < -0.3 is 10.2 Å². The Bertz CT molecular complexity index is 455. The maximum absolute atomic E-state index is 10.6. The zero-order valence-electron chi connectivity index (χ0n) is 10.8. The van der Waals surface area contributed by atoms with E-state index in [2.05, 4.69) is 4.90 Å². The quantitative estimate of drug-likeness (QED) is 0.812. The van der Waals surface area contributed by atoms with Crippen LogP contribution in [0.3, 0.4) is 0 Å². The van der Waals surface area contributed by atoms with Crippen LogP contribution in [0.25, 0.3) is 6.08 Å². The van der Waals surface area contributed by atoms with Gasteiger partial charge in [0.05, 0.1) is 6.61 Å². The van der Waals surface area contributed by atoms with Crippen molar-refractivity contribution in [2.75, 3.05) is 13.2 Å². The molecule has 1 aromatic rings. The lowest BCUT2D eigenvalue weighted by Crippen LogP contribution is -2.41. The molecule has 0 bridgehead atoms. The van der Waals surface area contributed by atoms with E-state index in [0.29, 0.717) is 0 Å². The summed E-state index contributed by atoms with van der Waals surface area (Å²) in [5, 5.41) is 20.1. The molecule has 104 valence electrons. The van der Waals surface area contributed by atoms with Gasteiger partial charge in [0.25, 0.3) is 0 Å². The normalized spacial score (nSPS) is 21.0. The smallest absolute Gasteiger partial charge is 0.328 e. The summed E-state index contributed by atoms with van der Waals surface area (Å²) in [5.74, 6) is -0.927. The Morgan fingerprint density at radius 3 is 3.11 bits per heavy atom. The third kappa shape index (κ3) is 3.89. The van der Waals surface area contributed by atoms with Crippen LogP contribution >= 0.6 is 11.3 Å². The molecule has 2 N–H and O–H groups in total. The van der Waals surface area contributed by atoms with Crippen molar-refractivity contribution >= 4 is 23.4 Å². The molecule has 1 fully saturated rings. The van der Waals surface area contributed by atoms with Gasteiger partial charge in [-0.3, -0.25) is 4.90 Å². The van der Waals surface area contributed by atoms with Crippen molar-refractivity contribution in [3.63, 3.8) is 0 Å². The Morgan fingerprint density at radius 2 is 2.37 bits per heavy atom. The van der Waals surface area contributed by atoms with Gasteiger partial charge in [-0.15, -0.1) is 11.3 Å². The molecule has 2 rings (SSSR count). The van der Waals surface area contributed by atoms with E-state index in [9.17, 15) is 9.90 Å². The van der Waals surface area contributed by atoms with E-state index in [1.54, 1.807) is 17.4 Å². The fourth-order valence-corrected chi connectivity index (χ4v) is 3.34. The summed E-state index contributed by atoms with van der Waals surface area (Å²) >= 11 is 1.64. The summed E-state index contributed by atoms with van der Waals surface area (Å²) in [4.78, 5) is 14.0. The molecule has 0 radical (unpaired) electrons. The first kappa shape index (κ1) is 14.2. The molecule has 19 heavy (non-hydrogen) atoms. The molecular formula is C14H19NO3S. The predicted molar refractivity (Wildman–Crippen MR) is 76.1 cm³/mol. The lowest BCUT2D eigenvalue weighted by Gasteiger charge is -2.34. The number of carboxylic acids is 1. The summed E-state index contributed by atoms with van der Waals surface area (Å²) in [6.45, 7) is 2.00. The number of piperidine rings is 1. The molecular weight excluding hydrogens is 262 g/mol. The molecule has 1 aliphatic heterocycles. The third-order valence-electron chi connectivity index (χ3n) is 3.49. The van der Waals surface area contributed by atoms with Gasteiger partial charge in [0.1, 0.15) is 0 Å². The number of aliphatic carboxylic acids is 1. The first-order valence-corrected chi connectivity index (χ1v) is 7.41. The van der Waals surface area contributed by atoms with Gasteiger partial charge in [0.15, 0.2) is 0 Å². The summed E-state index contributed by atoms with van der Waals surface area (Å²) in [5.41, 5.74) is 0.967. The molecule has 0 spiro atoms. The predicted octanol–water partition coefficient (Wildman–Crippen LogP) is 2.19. The van der Waals surface area contributed by atoms with E-state index in [1.165, 1.54) is 18.9 Å². The molecule has 0 aliphatic carbocycles. The maximum atomic E-state index is 10.6. The molecule has 0 aromatic carbocycles. The monoisotopic (exact) mass is 281 g/mol. The molecule has 1 saturated heterocycles. The molecule has 1 aromatic heterocycles. The number of hydrogen-bond acceptors (Lipinski definition) is 4. The number of hydrogen-bond donors (Lipinski definition) is 2. The van der Waals surface area contributed by atoms with E-state index in [-0.39, 0.29) is 12.6 Å². The maximum Gasteiger partial charge on any atom is 0.328 e. The van der Waals surface area contributed by atoms with E-state index in [0.717, 1.165) is 30.0 Å². The topological polar surface area (TPSA) is 60.8 Å². The van der Waals surface area contributed by atoms with Crippen molar-refractivity contribution in [1.29, 1.82) is 0 Å². The van der Waals surface area contributed by atoms with Crippen LogP contribution in [0.2, 0.25) is 0 Å². The second-order valence-electron chi connectivity index (χ2n) is 4.77.